The lowest BCUT2D eigenvalue weighted by molar-refractivity contribution is -0.122. The Morgan fingerprint density at radius 3 is 2.82 bits per heavy atom. The Labute approximate surface area is 133 Å². The summed E-state index contributed by atoms with van der Waals surface area (Å²) in [5.41, 5.74) is 0. The van der Waals surface area contributed by atoms with Crippen LogP contribution in [0.15, 0.2) is 18.7 Å². The molecule has 1 N–H and O–H groups in total. The molecule has 1 aliphatic carbocycles. The molecule has 5 nitrogen and oxygen atoms in total. The predicted octanol–water partition coefficient (Wildman–Crippen LogP) is 2.19. The molecule has 2 fully saturated rings. The molecule has 22 heavy (non-hydrogen) atoms. The summed E-state index contributed by atoms with van der Waals surface area (Å²) in [5, 5.41) is 3.24. The van der Waals surface area contributed by atoms with Gasteiger partial charge in [0.2, 0.25) is 5.91 Å². The molecule has 0 bridgehead atoms. The summed E-state index contributed by atoms with van der Waals surface area (Å²) >= 11 is 0. The second kappa shape index (κ2) is 7.77. The number of aryl methyl sites for hydroxylation is 1. The SMILES string of the molecule is O=C(CCn1ccnc1)NC1CCCN(C2CCCCC2)C1. The Morgan fingerprint density at radius 2 is 2.05 bits per heavy atom. The summed E-state index contributed by atoms with van der Waals surface area (Å²) in [6.45, 7) is 2.97. The van der Waals surface area contributed by atoms with Gasteiger partial charge in [0.1, 0.15) is 0 Å². The molecule has 1 unspecified atom stereocenters. The Bertz CT molecular complexity index is 453. The third-order valence-corrected chi connectivity index (χ3v) is 5.07. The quantitative estimate of drug-likeness (QED) is 0.907. The van der Waals surface area contributed by atoms with Crippen molar-refractivity contribution in [1.82, 2.24) is 19.8 Å². The molecule has 1 aromatic heterocycles. The molecule has 122 valence electrons. The smallest absolute Gasteiger partial charge is 0.222 e. The van der Waals surface area contributed by atoms with Gasteiger partial charge in [0.15, 0.2) is 0 Å². The number of imidazole rings is 1. The summed E-state index contributed by atoms with van der Waals surface area (Å²) in [6.07, 6.45) is 15.1. The number of carbonyl (C=O) groups is 1. The fourth-order valence-corrected chi connectivity index (χ4v) is 3.85. The first kappa shape index (κ1) is 15.5. The molecular formula is C17H28N4O. The van der Waals surface area contributed by atoms with Crippen molar-refractivity contribution in [2.75, 3.05) is 13.1 Å². The molecule has 0 aromatic carbocycles. The van der Waals surface area contributed by atoms with Crippen molar-refractivity contribution in [3.63, 3.8) is 0 Å². The van der Waals surface area contributed by atoms with E-state index in [1.165, 1.54) is 45.1 Å². The minimum absolute atomic E-state index is 0.171. The van der Waals surface area contributed by atoms with Crippen LogP contribution in [0.2, 0.25) is 0 Å². The molecule has 0 radical (unpaired) electrons. The average Bonchev–Trinajstić information content (AvgIpc) is 3.08. The van der Waals surface area contributed by atoms with Crippen LogP contribution in [0, 0.1) is 0 Å². The lowest BCUT2D eigenvalue weighted by Gasteiger charge is -2.40. The zero-order valence-electron chi connectivity index (χ0n) is 13.4. The summed E-state index contributed by atoms with van der Waals surface area (Å²) in [4.78, 5) is 18.8. The highest BCUT2D eigenvalue weighted by Crippen LogP contribution is 2.25. The van der Waals surface area contributed by atoms with E-state index in [1.54, 1.807) is 12.5 Å². The maximum atomic E-state index is 12.1. The van der Waals surface area contributed by atoms with Gasteiger partial charge in [0, 0.05) is 44.0 Å². The van der Waals surface area contributed by atoms with Crippen LogP contribution in [0.1, 0.15) is 51.4 Å². The van der Waals surface area contributed by atoms with Crippen molar-refractivity contribution in [3.8, 4) is 0 Å². The first-order chi connectivity index (χ1) is 10.8. The van der Waals surface area contributed by atoms with Crippen molar-refractivity contribution >= 4 is 5.91 Å². The van der Waals surface area contributed by atoms with Crippen LogP contribution < -0.4 is 5.32 Å². The zero-order valence-corrected chi connectivity index (χ0v) is 13.4. The number of amides is 1. The van der Waals surface area contributed by atoms with Gasteiger partial charge in [-0.2, -0.15) is 0 Å². The zero-order chi connectivity index (χ0) is 15.2. The van der Waals surface area contributed by atoms with Crippen LogP contribution in [0.25, 0.3) is 0 Å². The molecule has 5 heteroatoms. The number of hydrogen-bond donors (Lipinski definition) is 1. The Balaban J connectivity index is 1.42. The van der Waals surface area contributed by atoms with Crippen LogP contribution in [0.3, 0.4) is 0 Å². The van der Waals surface area contributed by atoms with E-state index in [-0.39, 0.29) is 5.91 Å². The largest absolute Gasteiger partial charge is 0.352 e. The number of piperidine rings is 1. The van der Waals surface area contributed by atoms with Gasteiger partial charge in [-0.1, -0.05) is 19.3 Å². The Morgan fingerprint density at radius 1 is 1.18 bits per heavy atom. The van der Waals surface area contributed by atoms with Crippen LogP contribution in [0.4, 0.5) is 0 Å². The van der Waals surface area contributed by atoms with E-state index in [0.717, 1.165) is 19.0 Å². The van der Waals surface area contributed by atoms with Gasteiger partial charge in [0.05, 0.1) is 6.33 Å². The molecule has 2 heterocycles. The van der Waals surface area contributed by atoms with E-state index in [4.69, 9.17) is 0 Å². The third-order valence-electron chi connectivity index (χ3n) is 5.07. The summed E-state index contributed by atoms with van der Waals surface area (Å²) < 4.78 is 1.95. The lowest BCUT2D eigenvalue weighted by Crippen LogP contribution is -2.51. The van der Waals surface area contributed by atoms with Crippen LogP contribution in [-0.4, -0.2) is 45.5 Å². The number of nitrogens with one attached hydrogen (secondary N) is 1. The van der Waals surface area contributed by atoms with E-state index >= 15 is 0 Å². The molecule has 1 aromatic rings. The predicted molar refractivity (Wildman–Crippen MR) is 86.5 cm³/mol. The molecule has 1 saturated carbocycles. The molecule has 1 saturated heterocycles. The number of likely N-dealkylation sites (tertiary alicyclic amines) is 1. The minimum atomic E-state index is 0.171. The van der Waals surface area contributed by atoms with Crippen molar-refractivity contribution in [2.24, 2.45) is 0 Å². The van der Waals surface area contributed by atoms with Crippen molar-refractivity contribution < 1.29 is 4.79 Å². The normalized spacial score (nSPS) is 24.3. The van der Waals surface area contributed by atoms with Crippen molar-refractivity contribution in [1.29, 1.82) is 0 Å². The van der Waals surface area contributed by atoms with E-state index in [0.29, 0.717) is 19.0 Å². The van der Waals surface area contributed by atoms with Crippen LogP contribution >= 0.6 is 0 Å². The number of carbonyl (C=O) groups excluding carboxylic acids is 1. The van der Waals surface area contributed by atoms with Gasteiger partial charge in [-0.3, -0.25) is 9.69 Å². The molecular weight excluding hydrogens is 276 g/mol. The highest BCUT2D eigenvalue weighted by molar-refractivity contribution is 5.76. The summed E-state index contributed by atoms with van der Waals surface area (Å²) in [7, 11) is 0. The fourth-order valence-electron chi connectivity index (χ4n) is 3.85. The van der Waals surface area contributed by atoms with Gasteiger partial charge in [-0.15, -0.1) is 0 Å². The molecule has 0 spiro atoms. The number of nitrogens with zero attached hydrogens (tertiary/aromatic N) is 3. The first-order valence-electron chi connectivity index (χ1n) is 8.80. The van der Waals surface area contributed by atoms with E-state index < -0.39 is 0 Å². The molecule has 1 atom stereocenters. The molecule has 1 aliphatic heterocycles. The summed E-state index contributed by atoms with van der Waals surface area (Å²) in [6, 6.07) is 1.10. The topological polar surface area (TPSA) is 50.2 Å². The first-order valence-corrected chi connectivity index (χ1v) is 8.80. The lowest BCUT2D eigenvalue weighted by atomic mass is 9.92. The monoisotopic (exact) mass is 304 g/mol. The van der Waals surface area contributed by atoms with E-state index in [9.17, 15) is 4.79 Å². The fraction of sp³-hybridized carbons (Fsp3) is 0.765. The van der Waals surface area contributed by atoms with Gasteiger partial charge in [0.25, 0.3) is 0 Å². The minimum Gasteiger partial charge on any atom is -0.352 e. The Kier molecular flexibility index (Phi) is 5.48. The molecule has 3 rings (SSSR count). The third kappa shape index (κ3) is 4.32. The Hall–Kier alpha value is -1.36. The van der Waals surface area contributed by atoms with Gasteiger partial charge >= 0.3 is 0 Å². The van der Waals surface area contributed by atoms with Gasteiger partial charge in [-0.05, 0) is 32.2 Å². The maximum absolute atomic E-state index is 12.1. The highest BCUT2D eigenvalue weighted by Gasteiger charge is 2.27. The average molecular weight is 304 g/mol. The highest BCUT2D eigenvalue weighted by atomic mass is 16.1. The maximum Gasteiger partial charge on any atom is 0.222 e. The number of aromatic nitrogens is 2. The van der Waals surface area contributed by atoms with Crippen LogP contribution in [0.5, 0.6) is 0 Å². The molecule has 1 amide bonds. The second-order valence-electron chi connectivity index (χ2n) is 6.74. The van der Waals surface area contributed by atoms with Crippen molar-refractivity contribution in [2.45, 2.75) is 70.0 Å². The van der Waals surface area contributed by atoms with Gasteiger partial charge < -0.3 is 9.88 Å². The van der Waals surface area contributed by atoms with E-state index in [2.05, 4.69) is 15.2 Å². The van der Waals surface area contributed by atoms with Crippen molar-refractivity contribution in [3.05, 3.63) is 18.7 Å². The number of rotatable bonds is 5. The molecule has 2 aliphatic rings. The van der Waals surface area contributed by atoms with Gasteiger partial charge in [-0.25, -0.2) is 4.98 Å². The second-order valence-corrected chi connectivity index (χ2v) is 6.74. The van der Waals surface area contributed by atoms with E-state index in [1.807, 2.05) is 10.8 Å². The number of hydrogen-bond acceptors (Lipinski definition) is 3. The van der Waals surface area contributed by atoms with Crippen LogP contribution in [-0.2, 0) is 11.3 Å². The standard InChI is InChI=1S/C17H28N4O/c22-17(8-11-20-12-9-18-14-20)19-15-5-4-10-21(13-15)16-6-2-1-3-7-16/h9,12,14-16H,1-8,10-11,13H2,(H,19,22). The summed E-state index contributed by atoms with van der Waals surface area (Å²) in [5.74, 6) is 0.171.